The van der Waals surface area contributed by atoms with E-state index in [2.05, 4.69) is 126 Å². The van der Waals surface area contributed by atoms with Crippen LogP contribution in [0.2, 0.25) is 0 Å². The van der Waals surface area contributed by atoms with Crippen molar-refractivity contribution in [3.63, 3.8) is 0 Å². The van der Waals surface area contributed by atoms with Gasteiger partial charge in [0.1, 0.15) is 11.2 Å². The zero-order valence-electron chi connectivity index (χ0n) is 30.2. The predicted octanol–water partition coefficient (Wildman–Crippen LogP) is 13.2. The Morgan fingerprint density at radius 3 is 1.61 bits per heavy atom. The maximum absolute atomic E-state index is 6.47. The summed E-state index contributed by atoms with van der Waals surface area (Å²) in [5.41, 5.74) is 12.3. The van der Waals surface area contributed by atoms with Crippen LogP contribution in [0.3, 0.4) is 0 Å². The van der Waals surface area contributed by atoms with Crippen molar-refractivity contribution in [3.05, 3.63) is 194 Å². The van der Waals surface area contributed by atoms with E-state index >= 15 is 0 Å². The Bertz CT molecular complexity index is 3180. The van der Waals surface area contributed by atoms with E-state index in [1.165, 1.54) is 10.8 Å². The van der Waals surface area contributed by atoms with Gasteiger partial charge < -0.3 is 8.98 Å². The van der Waals surface area contributed by atoms with E-state index in [0.717, 1.165) is 77.6 Å². The molecule has 0 aliphatic carbocycles. The molecular weight excluding hydrogens is 685 g/mol. The molecule has 8 aromatic carbocycles. The van der Waals surface area contributed by atoms with Crippen LogP contribution in [0.1, 0.15) is 0 Å². The van der Waals surface area contributed by atoms with Crippen molar-refractivity contribution in [1.82, 2.24) is 19.5 Å². The van der Waals surface area contributed by atoms with Crippen LogP contribution in [0, 0.1) is 0 Å². The molecule has 0 saturated heterocycles. The highest BCUT2D eigenvalue weighted by Crippen LogP contribution is 2.41. The first-order chi connectivity index (χ1) is 27.8. The second-order valence-corrected chi connectivity index (χ2v) is 14.0. The van der Waals surface area contributed by atoms with Crippen molar-refractivity contribution in [2.45, 2.75) is 0 Å². The van der Waals surface area contributed by atoms with Crippen LogP contribution in [-0.4, -0.2) is 19.5 Å². The molecule has 11 rings (SSSR count). The summed E-state index contributed by atoms with van der Waals surface area (Å²) in [4.78, 5) is 15.1. The summed E-state index contributed by atoms with van der Waals surface area (Å²) >= 11 is 0. The molecule has 0 saturated carbocycles. The van der Waals surface area contributed by atoms with Gasteiger partial charge in [0.2, 0.25) is 0 Å². The van der Waals surface area contributed by atoms with Gasteiger partial charge in [-0.25, -0.2) is 15.0 Å². The van der Waals surface area contributed by atoms with Crippen LogP contribution in [0.5, 0.6) is 0 Å². The lowest BCUT2D eigenvalue weighted by Crippen LogP contribution is -2.02. The van der Waals surface area contributed by atoms with Crippen LogP contribution >= 0.6 is 0 Å². The number of hydrogen-bond donors (Lipinski definition) is 0. The third kappa shape index (κ3) is 5.29. The van der Waals surface area contributed by atoms with Crippen molar-refractivity contribution in [3.8, 4) is 62.1 Å². The molecule has 3 aromatic heterocycles. The van der Waals surface area contributed by atoms with E-state index in [4.69, 9.17) is 19.4 Å². The number of furan rings is 1. The smallest absolute Gasteiger partial charge is 0.164 e. The molecule has 0 spiro atoms. The number of hydrogen-bond acceptors (Lipinski definition) is 4. The third-order valence-corrected chi connectivity index (χ3v) is 10.7. The van der Waals surface area contributed by atoms with Crippen molar-refractivity contribution >= 4 is 43.7 Å². The third-order valence-electron chi connectivity index (χ3n) is 10.7. The van der Waals surface area contributed by atoms with Gasteiger partial charge in [-0.2, -0.15) is 0 Å². The van der Waals surface area contributed by atoms with Crippen molar-refractivity contribution in [2.24, 2.45) is 0 Å². The van der Waals surface area contributed by atoms with Crippen LogP contribution in [0.15, 0.2) is 199 Å². The van der Waals surface area contributed by atoms with Crippen LogP contribution in [0.4, 0.5) is 0 Å². The maximum atomic E-state index is 6.47. The highest BCUT2D eigenvalue weighted by molar-refractivity contribution is 6.13. The largest absolute Gasteiger partial charge is 0.455 e. The molecule has 0 radical (unpaired) electrons. The Hall–Kier alpha value is -7.63. The average molecular weight is 717 g/mol. The molecule has 0 N–H and O–H groups in total. The van der Waals surface area contributed by atoms with Gasteiger partial charge in [-0.1, -0.05) is 152 Å². The van der Waals surface area contributed by atoms with Crippen LogP contribution in [0.25, 0.3) is 106 Å². The molecule has 5 heteroatoms. The predicted molar refractivity (Wildman–Crippen MR) is 229 cm³/mol. The van der Waals surface area contributed by atoms with E-state index in [1.807, 2.05) is 72.8 Å². The normalized spacial score (nSPS) is 11.6. The van der Waals surface area contributed by atoms with Gasteiger partial charge in [0.15, 0.2) is 17.5 Å². The van der Waals surface area contributed by atoms with E-state index in [0.29, 0.717) is 17.5 Å². The van der Waals surface area contributed by atoms with Crippen molar-refractivity contribution in [2.75, 3.05) is 0 Å². The number of fused-ring (bicyclic) bond motifs is 6. The molecule has 11 aromatic rings. The zero-order chi connectivity index (χ0) is 37.0. The summed E-state index contributed by atoms with van der Waals surface area (Å²) in [7, 11) is 0. The van der Waals surface area contributed by atoms with Gasteiger partial charge in [0.25, 0.3) is 0 Å². The molecule has 56 heavy (non-hydrogen) atoms. The van der Waals surface area contributed by atoms with Crippen LogP contribution in [-0.2, 0) is 0 Å². The lowest BCUT2D eigenvalue weighted by molar-refractivity contribution is 0.670. The van der Waals surface area contributed by atoms with Crippen LogP contribution < -0.4 is 0 Å². The molecule has 0 aliphatic rings. The Kier molecular flexibility index (Phi) is 7.42. The molecule has 0 amide bonds. The standard InChI is InChI=1S/C51H32N4O/c1-4-15-33(16-5-1)42-32-37(51-53-49(34-17-6-2-7-18-34)52-50(54-51)35-19-8-3-9-20-35)28-30-45(42)55-44-25-12-10-21-39(44)43-31-36(27-29-46(43)55)38-23-14-24-41-40-22-11-13-26-47(40)56-48(38)41/h1-32H. The van der Waals surface area contributed by atoms with Gasteiger partial charge in [0.05, 0.1) is 16.7 Å². The fourth-order valence-electron chi connectivity index (χ4n) is 8.03. The number of benzene rings is 8. The molecule has 0 unspecified atom stereocenters. The summed E-state index contributed by atoms with van der Waals surface area (Å²) in [6, 6.07) is 67.5. The fourth-order valence-corrected chi connectivity index (χ4v) is 8.03. The van der Waals surface area contributed by atoms with Gasteiger partial charge in [0, 0.05) is 49.4 Å². The Balaban J connectivity index is 1.12. The number of aromatic nitrogens is 4. The summed E-state index contributed by atoms with van der Waals surface area (Å²) < 4.78 is 8.86. The SMILES string of the molecule is c1ccc(-c2nc(-c3ccccc3)nc(-c3ccc(-n4c5ccccc5c5cc(-c6cccc7c6oc6ccccc67)ccc54)c(-c4ccccc4)c3)n2)cc1. The quantitative estimate of drug-likeness (QED) is 0.172. The second kappa shape index (κ2) is 13.0. The van der Waals surface area contributed by atoms with E-state index in [9.17, 15) is 0 Å². The lowest BCUT2D eigenvalue weighted by Gasteiger charge is -2.16. The van der Waals surface area contributed by atoms with Crippen molar-refractivity contribution < 1.29 is 4.42 Å². The van der Waals surface area contributed by atoms with Gasteiger partial charge in [-0.15, -0.1) is 0 Å². The minimum Gasteiger partial charge on any atom is -0.455 e. The first kappa shape index (κ1) is 31.9. The molecule has 0 fully saturated rings. The van der Waals surface area contributed by atoms with E-state index in [-0.39, 0.29) is 0 Å². The summed E-state index contributed by atoms with van der Waals surface area (Å²) in [6.07, 6.45) is 0. The Labute approximate surface area is 322 Å². The van der Waals surface area contributed by atoms with Gasteiger partial charge in [-0.3, -0.25) is 0 Å². The monoisotopic (exact) mass is 716 g/mol. The average Bonchev–Trinajstić information content (AvgIpc) is 3.82. The summed E-state index contributed by atoms with van der Waals surface area (Å²) in [5, 5.41) is 4.61. The topological polar surface area (TPSA) is 56.7 Å². The first-order valence-corrected chi connectivity index (χ1v) is 18.8. The molecule has 0 aliphatic heterocycles. The maximum Gasteiger partial charge on any atom is 0.164 e. The molecule has 5 nitrogen and oxygen atoms in total. The molecular formula is C51H32N4O. The Morgan fingerprint density at radius 2 is 0.893 bits per heavy atom. The number of para-hydroxylation sites is 3. The van der Waals surface area contributed by atoms with E-state index < -0.39 is 0 Å². The molecule has 0 atom stereocenters. The summed E-state index contributed by atoms with van der Waals surface area (Å²) in [5.74, 6) is 1.89. The lowest BCUT2D eigenvalue weighted by atomic mass is 9.99. The number of rotatable bonds is 6. The summed E-state index contributed by atoms with van der Waals surface area (Å²) in [6.45, 7) is 0. The molecule has 0 bridgehead atoms. The van der Waals surface area contributed by atoms with E-state index in [1.54, 1.807) is 0 Å². The van der Waals surface area contributed by atoms with Gasteiger partial charge in [-0.05, 0) is 53.6 Å². The van der Waals surface area contributed by atoms with Crippen molar-refractivity contribution in [1.29, 1.82) is 0 Å². The minimum atomic E-state index is 0.619. The second-order valence-electron chi connectivity index (χ2n) is 14.0. The number of nitrogens with zero attached hydrogens (tertiary/aromatic N) is 4. The minimum absolute atomic E-state index is 0.619. The first-order valence-electron chi connectivity index (χ1n) is 18.8. The Morgan fingerprint density at radius 1 is 0.339 bits per heavy atom. The highest BCUT2D eigenvalue weighted by atomic mass is 16.3. The molecule has 3 heterocycles. The zero-order valence-corrected chi connectivity index (χ0v) is 30.2. The molecule has 262 valence electrons. The highest BCUT2D eigenvalue weighted by Gasteiger charge is 2.20. The fraction of sp³-hybridized carbons (Fsp3) is 0. The van der Waals surface area contributed by atoms with Gasteiger partial charge >= 0.3 is 0 Å².